The van der Waals surface area contributed by atoms with Gasteiger partial charge in [0.2, 0.25) is 5.95 Å². The second-order valence-electron chi connectivity index (χ2n) is 9.98. The van der Waals surface area contributed by atoms with E-state index in [0.717, 1.165) is 58.2 Å². The summed E-state index contributed by atoms with van der Waals surface area (Å²) in [6.07, 6.45) is 3.65. The lowest BCUT2D eigenvalue weighted by Gasteiger charge is -2.26. The van der Waals surface area contributed by atoms with E-state index in [1.54, 1.807) is 0 Å². The Morgan fingerprint density at radius 2 is 1.71 bits per heavy atom. The molecular formula is C28H34N6O3S. The van der Waals surface area contributed by atoms with Crippen LogP contribution in [0.5, 0.6) is 0 Å². The van der Waals surface area contributed by atoms with E-state index >= 15 is 0 Å². The number of anilines is 2. The number of aromatic nitrogens is 4. The van der Waals surface area contributed by atoms with Crippen molar-refractivity contribution in [2.75, 3.05) is 30.4 Å². The molecule has 4 aromatic rings. The number of aliphatic hydroxyl groups is 3. The molecule has 10 heteroatoms. The molecule has 0 spiro atoms. The summed E-state index contributed by atoms with van der Waals surface area (Å²) in [4.78, 5) is 21.8. The molecule has 0 saturated heterocycles. The Balaban J connectivity index is 1.37. The highest BCUT2D eigenvalue weighted by Gasteiger charge is 2.21. The first kappa shape index (κ1) is 26.4. The predicted octanol–water partition coefficient (Wildman–Crippen LogP) is 3.17. The molecule has 1 fully saturated rings. The summed E-state index contributed by atoms with van der Waals surface area (Å²) >= 11 is 1.53. The van der Waals surface area contributed by atoms with Crippen molar-refractivity contribution < 1.29 is 15.3 Å². The van der Waals surface area contributed by atoms with Crippen molar-refractivity contribution in [3.63, 3.8) is 0 Å². The molecule has 0 bridgehead atoms. The van der Waals surface area contributed by atoms with E-state index in [-0.39, 0.29) is 18.8 Å². The summed E-state index contributed by atoms with van der Waals surface area (Å²) in [5.74, 6) is 1.34. The molecule has 0 radical (unpaired) electrons. The molecule has 1 unspecified atom stereocenters. The van der Waals surface area contributed by atoms with Gasteiger partial charge in [0, 0.05) is 32.5 Å². The van der Waals surface area contributed by atoms with Crippen LogP contribution in [0.25, 0.3) is 10.3 Å². The molecule has 3 heterocycles. The van der Waals surface area contributed by atoms with E-state index in [0.29, 0.717) is 25.3 Å². The van der Waals surface area contributed by atoms with Crippen LogP contribution in [0.2, 0.25) is 0 Å². The van der Waals surface area contributed by atoms with Gasteiger partial charge in [-0.1, -0.05) is 41.7 Å². The van der Waals surface area contributed by atoms with Gasteiger partial charge in [-0.05, 0) is 49.4 Å². The van der Waals surface area contributed by atoms with Gasteiger partial charge in [0.15, 0.2) is 0 Å². The lowest BCUT2D eigenvalue weighted by molar-refractivity contribution is 0.101. The molecule has 4 N–H and O–H groups in total. The number of thiazole rings is 1. The number of benzene rings is 1. The number of rotatable bonds is 10. The van der Waals surface area contributed by atoms with Crippen molar-refractivity contribution in [2.24, 2.45) is 0 Å². The first-order valence-corrected chi connectivity index (χ1v) is 13.9. The fraction of sp³-hybridized carbons (Fsp3) is 0.429. The standard InChI is InChI=1S/C28H34N6O3S/c1-34(16-23(37)17-35)25-12-11-24-27(33-25)38-26(32-24)15-21-14-20(13-18-5-3-2-4-6-18)30-28(31-21)29-19-7-9-22(36)10-8-19/h2-6,11-12,14,19,22-23,35-37H,7-10,13,15-17H2,1H3,(H,29,30,31). The van der Waals surface area contributed by atoms with Crippen LogP contribution >= 0.6 is 11.3 Å². The van der Waals surface area contributed by atoms with Gasteiger partial charge in [-0.2, -0.15) is 0 Å². The third kappa shape index (κ3) is 6.82. The molecular weight excluding hydrogens is 500 g/mol. The van der Waals surface area contributed by atoms with Gasteiger partial charge in [-0.15, -0.1) is 0 Å². The number of aliphatic hydroxyl groups excluding tert-OH is 3. The van der Waals surface area contributed by atoms with E-state index < -0.39 is 6.10 Å². The molecule has 0 amide bonds. The lowest BCUT2D eigenvalue weighted by atomic mass is 9.93. The number of likely N-dealkylation sites (N-methyl/N-ethyl adjacent to an activating group) is 1. The number of nitrogens with zero attached hydrogens (tertiary/aromatic N) is 5. The van der Waals surface area contributed by atoms with Crippen molar-refractivity contribution in [1.29, 1.82) is 0 Å². The zero-order chi connectivity index (χ0) is 26.5. The van der Waals surface area contributed by atoms with Gasteiger partial charge >= 0.3 is 0 Å². The third-order valence-electron chi connectivity index (χ3n) is 6.79. The van der Waals surface area contributed by atoms with Crippen LogP contribution in [0.1, 0.15) is 47.6 Å². The maximum atomic E-state index is 9.87. The molecule has 3 aromatic heterocycles. The SMILES string of the molecule is CN(CC(O)CO)c1ccc2nc(Cc3cc(Cc4ccccc4)nc(NC4CCC(O)CC4)n3)sc2n1. The molecule has 1 aliphatic carbocycles. The van der Waals surface area contributed by atoms with Gasteiger partial charge < -0.3 is 25.5 Å². The Bertz CT molecular complexity index is 1340. The Labute approximate surface area is 226 Å². The van der Waals surface area contributed by atoms with Gasteiger partial charge in [-0.25, -0.2) is 19.9 Å². The van der Waals surface area contributed by atoms with Gasteiger partial charge in [0.05, 0.1) is 30.2 Å². The largest absolute Gasteiger partial charge is 0.394 e. The summed E-state index contributed by atoms with van der Waals surface area (Å²) in [6, 6.07) is 16.4. The Morgan fingerprint density at radius 1 is 0.974 bits per heavy atom. The predicted molar refractivity (Wildman–Crippen MR) is 150 cm³/mol. The normalized spacial score (nSPS) is 18.4. The van der Waals surface area contributed by atoms with Crippen LogP contribution in [0.4, 0.5) is 11.8 Å². The Morgan fingerprint density at radius 3 is 2.45 bits per heavy atom. The fourth-order valence-corrected chi connectivity index (χ4v) is 5.71. The van der Waals surface area contributed by atoms with Crippen LogP contribution in [-0.4, -0.2) is 73.7 Å². The fourth-order valence-electron chi connectivity index (χ4n) is 4.77. The topological polar surface area (TPSA) is 128 Å². The van der Waals surface area contributed by atoms with Gasteiger partial charge in [-0.3, -0.25) is 0 Å². The van der Waals surface area contributed by atoms with Crippen LogP contribution in [0, 0.1) is 0 Å². The van der Waals surface area contributed by atoms with Crippen molar-refractivity contribution in [3.05, 3.63) is 70.5 Å². The van der Waals surface area contributed by atoms with E-state index in [4.69, 9.17) is 25.0 Å². The summed E-state index contributed by atoms with van der Waals surface area (Å²) in [7, 11) is 1.84. The minimum atomic E-state index is -0.821. The highest BCUT2D eigenvalue weighted by molar-refractivity contribution is 7.18. The molecule has 1 aliphatic rings. The summed E-state index contributed by atoms with van der Waals surface area (Å²) in [6.45, 7) is 0.00353. The first-order chi connectivity index (χ1) is 18.4. The maximum Gasteiger partial charge on any atom is 0.223 e. The van der Waals surface area contributed by atoms with Crippen molar-refractivity contribution in [1.82, 2.24) is 19.9 Å². The molecule has 1 atom stereocenters. The zero-order valence-corrected chi connectivity index (χ0v) is 22.3. The highest BCUT2D eigenvalue weighted by Crippen LogP contribution is 2.26. The molecule has 1 saturated carbocycles. The minimum absolute atomic E-state index is 0.207. The second kappa shape index (κ2) is 12.1. The molecule has 200 valence electrons. The maximum absolute atomic E-state index is 9.87. The lowest BCUT2D eigenvalue weighted by Crippen LogP contribution is -2.31. The summed E-state index contributed by atoms with van der Waals surface area (Å²) in [5, 5.41) is 33.2. The van der Waals surface area contributed by atoms with Crippen molar-refractivity contribution >= 4 is 33.5 Å². The monoisotopic (exact) mass is 534 g/mol. The van der Waals surface area contributed by atoms with Crippen molar-refractivity contribution in [3.8, 4) is 0 Å². The van der Waals surface area contributed by atoms with E-state index in [2.05, 4.69) is 23.5 Å². The second-order valence-corrected chi connectivity index (χ2v) is 11.0. The smallest absolute Gasteiger partial charge is 0.223 e. The zero-order valence-electron chi connectivity index (χ0n) is 21.5. The molecule has 1 aromatic carbocycles. The number of hydrogen-bond acceptors (Lipinski definition) is 10. The van der Waals surface area contributed by atoms with E-state index in [1.807, 2.05) is 42.3 Å². The van der Waals surface area contributed by atoms with Crippen LogP contribution in [0.3, 0.4) is 0 Å². The quantitative estimate of drug-likeness (QED) is 0.243. The average molecular weight is 535 g/mol. The average Bonchev–Trinajstić information content (AvgIpc) is 3.31. The molecule has 9 nitrogen and oxygen atoms in total. The molecule has 0 aliphatic heterocycles. The van der Waals surface area contributed by atoms with Crippen LogP contribution < -0.4 is 10.2 Å². The summed E-state index contributed by atoms with van der Waals surface area (Å²) in [5.41, 5.74) is 3.86. The van der Waals surface area contributed by atoms with Gasteiger partial charge in [0.25, 0.3) is 0 Å². The van der Waals surface area contributed by atoms with Crippen molar-refractivity contribution in [2.45, 2.75) is 56.8 Å². The minimum Gasteiger partial charge on any atom is -0.394 e. The molecule has 38 heavy (non-hydrogen) atoms. The summed E-state index contributed by atoms with van der Waals surface area (Å²) < 4.78 is 0. The Kier molecular flexibility index (Phi) is 8.43. The van der Waals surface area contributed by atoms with Gasteiger partial charge in [0.1, 0.15) is 21.2 Å². The van der Waals surface area contributed by atoms with Crippen LogP contribution in [-0.2, 0) is 12.8 Å². The first-order valence-electron chi connectivity index (χ1n) is 13.1. The third-order valence-corrected chi connectivity index (χ3v) is 7.76. The van der Waals surface area contributed by atoms with E-state index in [1.165, 1.54) is 16.9 Å². The highest BCUT2D eigenvalue weighted by atomic mass is 32.1. The number of hydrogen-bond donors (Lipinski definition) is 4. The number of nitrogens with one attached hydrogen (secondary N) is 1. The Hall–Kier alpha value is -3.18. The molecule has 5 rings (SSSR count). The van der Waals surface area contributed by atoms with Crippen LogP contribution in [0.15, 0.2) is 48.5 Å². The van der Waals surface area contributed by atoms with E-state index in [9.17, 15) is 10.2 Å². The number of fused-ring (bicyclic) bond motifs is 1. The number of pyridine rings is 1.